The maximum absolute atomic E-state index is 10.1. The number of H-pyrrole nitrogens is 1. The smallest absolute Gasteiger partial charge is 0.193 e. The van der Waals surface area contributed by atoms with Gasteiger partial charge in [0.05, 0.1) is 16.0 Å². The van der Waals surface area contributed by atoms with Crippen molar-refractivity contribution >= 4 is 28.9 Å². The van der Waals surface area contributed by atoms with Gasteiger partial charge in [-0.1, -0.05) is 17.5 Å². The van der Waals surface area contributed by atoms with E-state index in [-0.39, 0.29) is 0 Å². The Hall–Kier alpha value is -1.79. The number of aromatic amines is 1. The van der Waals surface area contributed by atoms with Crippen LogP contribution in [0.25, 0.3) is 11.0 Å². The Morgan fingerprint density at radius 3 is 3.21 bits per heavy atom. The minimum atomic E-state index is 0.545. The van der Waals surface area contributed by atoms with E-state index in [1.807, 2.05) is 0 Å². The van der Waals surface area contributed by atoms with Gasteiger partial charge in [0.25, 0.3) is 0 Å². The third-order valence-corrected chi connectivity index (χ3v) is 2.10. The van der Waals surface area contributed by atoms with E-state index >= 15 is 0 Å². The van der Waals surface area contributed by atoms with Gasteiger partial charge in [0, 0.05) is 12.4 Å². The number of hydrogen-bond acceptors (Lipinski definition) is 2. The second-order valence-corrected chi connectivity index (χ2v) is 3.01. The van der Waals surface area contributed by atoms with Crippen molar-refractivity contribution in [3.05, 3.63) is 29.0 Å². The highest BCUT2D eigenvalue weighted by Crippen LogP contribution is 2.23. The first-order valence-electron chi connectivity index (χ1n) is 3.89. The molecule has 14 heavy (non-hydrogen) atoms. The highest BCUT2D eigenvalue weighted by molar-refractivity contribution is 6.35. The van der Waals surface area contributed by atoms with E-state index in [1.54, 1.807) is 18.5 Å². The van der Waals surface area contributed by atoms with Crippen molar-refractivity contribution in [2.75, 3.05) is 0 Å². The topological polar surface area (TPSA) is 45.8 Å². The molecule has 0 atom stereocenters. The lowest BCUT2D eigenvalue weighted by Crippen LogP contribution is -1.77. The Kier molecular flexibility index (Phi) is 2.21. The summed E-state index contributed by atoms with van der Waals surface area (Å²) in [7, 11) is 0. The molecule has 4 heteroatoms. The molecule has 0 aliphatic carbocycles. The lowest BCUT2D eigenvalue weighted by Gasteiger charge is -1.92. The van der Waals surface area contributed by atoms with E-state index in [9.17, 15) is 4.79 Å². The van der Waals surface area contributed by atoms with E-state index in [0.29, 0.717) is 22.5 Å². The van der Waals surface area contributed by atoms with Gasteiger partial charge in [-0.2, -0.15) is 0 Å². The number of carbonyl (C=O) groups excluding carboxylic acids is 1. The Balaban J connectivity index is 2.73. The van der Waals surface area contributed by atoms with Crippen LogP contribution >= 0.6 is 11.6 Å². The highest BCUT2D eigenvalue weighted by Gasteiger charge is 2.05. The third kappa shape index (κ3) is 1.36. The maximum atomic E-state index is 10.1. The Morgan fingerprint density at radius 2 is 2.43 bits per heavy atom. The zero-order chi connectivity index (χ0) is 9.97. The van der Waals surface area contributed by atoms with Crippen LogP contribution in [0.2, 0.25) is 5.02 Å². The van der Waals surface area contributed by atoms with Crippen molar-refractivity contribution in [3.8, 4) is 11.8 Å². The Bertz CT molecular complexity index is 548. The molecule has 2 aromatic heterocycles. The lowest BCUT2D eigenvalue weighted by molar-refractivity contribution is -0.103. The van der Waals surface area contributed by atoms with E-state index in [1.165, 1.54) is 0 Å². The predicted octanol–water partition coefficient (Wildman–Crippen LogP) is 1.77. The lowest BCUT2D eigenvalue weighted by atomic mass is 10.2. The van der Waals surface area contributed by atoms with Gasteiger partial charge < -0.3 is 4.98 Å². The first kappa shape index (κ1) is 8.79. The first-order chi connectivity index (χ1) is 6.83. The number of hydrogen-bond donors (Lipinski definition) is 1. The summed E-state index contributed by atoms with van der Waals surface area (Å²) >= 11 is 5.97. The molecule has 1 N–H and O–H groups in total. The molecule has 0 bridgehead atoms. The third-order valence-electron chi connectivity index (χ3n) is 1.79. The minimum Gasteiger partial charge on any atom is -0.345 e. The van der Waals surface area contributed by atoms with Gasteiger partial charge in [-0.05, 0) is 12.0 Å². The number of aldehydes is 1. The van der Waals surface area contributed by atoms with Crippen molar-refractivity contribution in [2.45, 2.75) is 0 Å². The van der Waals surface area contributed by atoms with Crippen LogP contribution in [0, 0.1) is 11.8 Å². The zero-order valence-corrected chi connectivity index (χ0v) is 7.80. The number of nitrogens with zero attached hydrogens (tertiary/aromatic N) is 1. The van der Waals surface area contributed by atoms with E-state index in [4.69, 9.17) is 11.6 Å². The molecule has 0 radical (unpaired) electrons. The molecule has 0 saturated heterocycles. The molecule has 0 aliphatic rings. The molecular weight excluding hydrogens is 200 g/mol. The molecule has 0 aliphatic heterocycles. The summed E-state index contributed by atoms with van der Waals surface area (Å²) in [6, 6.07) is 1.68. The fourth-order valence-electron chi connectivity index (χ4n) is 1.22. The van der Waals surface area contributed by atoms with E-state index in [2.05, 4.69) is 21.8 Å². The van der Waals surface area contributed by atoms with Crippen LogP contribution in [-0.2, 0) is 4.79 Å². The molecule has 2 rings (SSSR count). The van der Waals surface area contributed by atoms with Crippen LogP contribution < -0.4 is 0 Å². The van der Waals surface area contributed by atoms with Gasteiger partial charge in [-0.25, -0.2) is 4.98 Å². The van der Waals surface area contributed by atoms with E-state index < -0.39 is 0 Å². The van der Waals surface area contributed by atoms with Gasteiger partial charge in [0.2, 0.25) is 0 Å². The van der Waals surface area contributed by atoms with Gasteiger partial charge in [0.15, 0.2) is 6.29 Å². The number of fused-ring (bicyclic) bond motifs is 1. The minimum absolute atomic E-state index is 0.545. The standard InChI is InChI=1S/C10H5ClN2O/c11-8-3-4-12-10-9(8)7(6-13-10)2-1-5-14/h3-6H,(H,12,13). The van der Waals surface area contributed by atoms with Gasteiger partial charge in [-0.3, -0.25) is 4.79 Å². The number of rotatable bonds is 0. The monoisotopic (exact) mass is 204 g/mol. The first-order valence-corrected chi connectivity index (χ1v) is 4.27. The largest absolute Gasteiger partial charge is 0.345 e. The molecule has 0 spiro atoms. The second kappa shape index (κ2) is 3.52. The molecule has 3 nitrogen and oxygen atoms in total. The van der Waals surface area contributed by atoms with Crippen molar-refractivity contribution in [1.82, 2.24) is 9.97 Å². The average Bonchev–Trinajstić information content (AvgIpc) is 2.59. The highest BCUT2D eigenvalue weighted by atomic mass is 35.5. The van der Waals surface area contributed by atoms with Gasteiger partial charge in [0.1, 0.15) is 5.65 Å². The summed E-state index contributed by atoms with van der Waals surface area (Å²) in [5, 5.41) is 1.33. The zero-order valence-electron chi connectivity index (χ0n) is 7.04. The van der Waals surface area contributed by atoms with Crippen LogP contribution in [-0.4, -0.2) is 16.3 Å². The van der Waals surface area contributed by atoms with Gasteiger partial charge in [-0.15, -0.1) is 0 Å². The van der Waals surface area contributed by atoms with Gasteiger partial charge >= 0.3 is 0 Å². The molecule has 0 fully saturated rings. The predicted molar refractivity (Wildman–Crippen MR) is 54.0 cm³/mol. The molecule has 0 unspecified atom stereocenters. The molecule has 0 aromatic carbocycles. The molecule has 2 aromatic rings. The Morgan fingerprint density at radius 1 is 1.57 bits per heavy atom. The number of aromatic nitrogens is 2. The quantitative estimate of drug-likeness (QED) is 0.525. The number of pyridine rings is 1. The number of halogens is 1. The normalized spacial score (nSPS) is 9.50. The van der Waals surface area contributed by atoms with Crippen LogP contribution in [0.15, 0.2) is 18.5 Å². The summed E-state index contributed by atoms with van der Waals surface area (Å²) in [6.07, 6.45) is 3.83. The summed E-state index contributed by atoms with van der Waals surface area (Å²) < 4.78 is 0. The maximum Gasteiger partial charge on any atom is 0.193 e. The molecule has 0 saturated carbocycles. The summed E-state index contributed by atoms with van der Waals surface area (Å²) in [5.41, 5.74) is 1.36. The van der Waals surface area contributed by atoms with Crippen molar-refractivity contribution in [2.24, 2.45) is 0 Å². The summed E-state index contributed by atoms with van der Waals surface area (Å²) in [4.78, 5) is 17.1. The molecule has 68 valence electrons. The number of carbonyl (C=O) groups is 1. The van der Waals surface area contributed by atoms with Crippen LogP contribution in [0.5, 0.6) is 0 Å². The second-order valence-electron chi connectivity index (χ2n) is 2.61. The summed E-state index contributed by atoms with van der Waals surface area (Å²) in [6.45, 7) is 0. The SMILES string of the molecule is O=CC#Cc1c[nH]c2nccc(Cl)c12. The molecule has 2 heterocycles. The van der Waals surface area contributed by atoms with Crippen LogP contribution in [0.4, 0.5) is 0 Å². The molecule has 0 amide bonds. The fraction of sp³-hybridized carbons (Fsp3) is 0. The number of nitrogens with one attached hydrogen (secondary N) is 1. The average molecular weight is 205 g/mol. The molecular formula is C10H5ClN2O. The van der Waals surface area contributed by atoms with E-state index in [0.717, 1.165) is 5.39 Å². The van der Waals surface area contributed by atoms with Crippen molar-refractivity contribution in [1.29, 1.82) is 0 Å². The Labute approximate surface area is 85.1 Å². The summed E-state index contributed by atoms with van der Waals surface area (Å²) in [5.74, 6) is 5.02. The van der Waals surface area contributed by atoms with Crippen molar-refractivity contribution < 1.29 is 4.79 Å². The van der Waals surface area contributed by atoms with Crippen LogP contribution in [0.3, 0.4) is 0 Å². The fourth-order valence-corrected chi connectivity index (χ4v) is 1.47. The van der Waals surface area contributed by atoms with Crippen molar-refractivity contribution in [3.63, 3.8) is 0 Å². The van der Waals surface area contributed by atoms with Crippen LogP contribution in [0.1, 0.15) is 5.56 Å².